The van der Waals surface area contributed by atoms with Crippen molar-refractivity contribution in [3.63, 3.8) is 0 Å². The number of phenolic OH excluding ortho intramolecular Hbond substituents is 1. The van der Waals surface area contributed by atoms with Crippen molar-refractivity contribution >= 4 is 78.8 Å². The van der Waals surface area contributed by atoms with Gasteiger partial charge in [-0.05, 0) is 49.2 Å². The van der Waals surface area contributed by atoms with Crippen LogP contribution in [0.4, 0.5) is 58.1 Å². The first-order valence-corrected chi connectivity index (χ1v) is 47.3. The van der Waals surface area contributed by atoms with Gasteiger partial charge in [0, 0.05) is 113 Å². The van der Waals surface area contributed by atoms with Gasteiger partial charge in [0.1, 0.15) is 45.4 Å². The van der Waals surface area contributed by atoms with Crippen LogP contribution in [0.25, 0.3) is 43.9 Å². The summed E-state index contributed by atoms with van der Waals surface area (Å²) in [5, 5.41) is 18.9. The molecule has 37 nitrogen and oxygen atoms in total. The van der Waals surface area contributed by atoms with Gasteiger partial charge in [0.25, 0.3) is 0 Å². The summed E-state index contributed by atoms with van der Waals surface area (Å²) in [6.07, 6.45) is 5.80. The standard InChI is InChI=1S/C47H68F4N6O12.C41H68N6O12.C6H2F4O/c1-2-3-4-40-54-44-36-33-35(5-6-39(36)53-47(52)45(44)55-40)57-10-8-56(9-11-57)12-14-60-16-18-62-20-22-64-24-26-66-28-30-68-32-31-67-29-27-65-25-23-63-21-19-61-17-15-59-13-7-41(58)69-46-42(50)37(48)34-38(49)43(46)51;1-2-3-4-37-44-39-35-33-34(5-6-36(35)43-41(42)40(39)45-37)47-10-8-46(9-11-47)12-14-51-16-18-53-20-22-55-24-26-57-28-30-59-32-31-58-29-27-56-25-23-54-21-19-52-17-15-50-13-7-38(48)49;7-2-1-3(8)5(10)6(11)4(2)9/h5-6,33-34H,2-4,7-32H2,1H3,(H2,52,53)(H,54,55);5-6,33H,2-4,7-32H2,1H3,(H2,42,43)(H,44,45)(H,48,49);1,11H. The molecule has 2 aliphatic rings. The number of aromatic nitrogens is 6. The van der Waals surface area contributed by atoms with Gasteiger partial charge in [-0.3, -0.25) is 19.4 Å². The number of imidazole rings is 2. The fraction of sp³-hybridized carbons (Fsp3) is 0.638. The maximum Gasteiger partial charge on any atom is 0.313 e. The number of halogens is 8. The summed E-state index contributed by atoms with van der Waals surface area (Å²) in [7, 11) is 0. The van der Waals surface area contributed by atoms with Crippen LogP contribution in [-0.4, -0.2) is 392 Å². The summed E-state index contributed by atoms with van der Waals surface area (Å²) < 4.78 is 216. The van der Waals surface area contributed by atoms with E-state index in [9.17, 15) is 44.7 Å². The Morgan fingerprint density at radius 3 is 0.878 bits per heavy atom. The van der Waals surface area contributed by atoms with Gasteiger partial charge in [0.15, 0.2) is 29.0 Å². The van der Waals surface area contributed by atoms with Crippen LogP contribution in [0.1, 0.15) is 64.0 Å². The van der Waals surface area contributed by atoms with Gasteiger partial charge in [-0.2, -0.15) is 17.6 Å². The van der Waals surface area contributed by atoms with E-state index < -0.39 is 76.4 Å². The molecular formula is C94H138F8N12O25. The highest BCUT2D eigenvalue weighted by Crippen LogP contribution is 2.34. The van der Waals surface area contributed by atoms with Crippen LogP contribution in [0.15, 0.2) is 48.5 Å². The van der Waals surface area contributed by atoms with Crippen molar-refractivity contribution in [3.8, 4) is 11.5 Å². The third-order valence-electron chi connectivity index (χ3n) is 21.1. The van der Waals surface area contributed by atoms with E-state index in [1.807, 2.05) is 6.07 Å². The number of aliphatic carboxylic acids is 1. The maximum atomic E-state index is 13.6. The number of aromatic hydroxyl groups is 1. The van der Waals surface area contributed by atoms with Gasteiger partial charge in [0.2, 0.25) is 29.0 Å². The van der Waals surface area contributed by atoms with Crippen LogP contribution >= 0.6 is 0 Å². The lowest BCUT2D eigenvalue weighted by Gasteiger charge is -2.36. The molecule has 10 rings (SSSR count). The molecule has 780 valence electrons. The molecule has 0 atom stereocenters. The van der Waals surface area contributed by atoms with E-state index >= 15 is 0 Å². The van der Waals surface area contributed by atoms with E-state index in [4.69, 9.17) is 126 Å². The minimum Gasteiger partial charge on any atom is -0.503 e. The van der Waals surface area contributed by atoms with Crippen molar-refractivity contribution in [1.29, 1.82) is 0 Å². The lowest BCUT2D eigenvalue weighted by molar-refractivity contribution is -0.138. The number of unbranched alkanes of at least 4 members (excludes halogenated alkanes) is 2. The highest BCUT2D eigenvalue weighted by atomic mass is 19.2. The average molecular weight is 1990 g/mol. The van der Waals surface area contributed by atoms with E-state index in [-0.39, 0.29) is 45.0 Å². The number of nitrogens with two attached hydrogens (primary N) is 2. The molecule has 4 aromatic heterocycles. The molecule has 2 fully saturated rings. The van der Waals surface area contributed by atoms with Crippen LogP contribution < -0.4 is 26.0 Å². The Hall–Kier alpha value is -8.86. The van der Waals surface area contributed by atoms with E-state index in [1.165, 1.54) is 11.4 Å². The van der Waals surface area contributed by atoms with Gasteiger partial charge in [0.05, 0.1) is 288 Å². The number of esters is 1. The van der Waals surface area contributed by atoms with E-state index in [2.05, 4.69) is 88.5 Å². The fourth-order valence-corrected chi connectivity index (χ4v) is 13.6. The van der Waals surface area contributed by atoms with Crippen LogP contribution in [0.5, 0.6) is 11.5 Å². The van der Waals surface area contributed by atoms with Gasteiger partial charge in [-0.25, -0.2) is 37.5 Å². The Morgan fingerprint density at radius 1 is 0.345 bits per heavy atom. The van der Waals surface area contributed by atoms with Crippen molar-refractivity contribution in [2.75, 3.05) is 351 Å². The molecule has 6 heterocycles. The third-order valence-corrected chi connectivity index (χ3v) is 21.1. The SMILES string of the molecule is CCCCc1nc2c([nH]1)c(N)nc1ccc(N3CCN(CCOCCOCCOCCOCCOCCOCCOCCOCCOCCOCCC(=O)O)CC3)cc12.CCCCc1nc2c([nH]1)c(N)nc1ccc(N3CCN(CCOCCOCCOCCOCCOCCOCCOCCOCCOCCOCCC(=O)Oc4c(F)c(F)cc(F)c4F)CC3)cc12.Oc1c(F)c(F)cc(F)c1F. The van der Waals surface area contributed by atoms with Gasteiger partial charge < -0.3 is 141 Å². The number of H-pyrrole nitrogens is 2. The number of anilines is 4. The number of nitrogens with zero attached hydrogens (tertiary/aromatic N) is 8. The Kier molecular flexibility index (Phi) is 58.1. The van der Waals surface area contributed by atoms with Crippen molar-refractivity contribution in [2.24, 2.45) is 0 Å². The number of benzene rings is 4. The number of hydrogen-bond acceptors (Lipinski definition) is 34. The number of fused-ring (bicyclic) bond motifs is 6. The van der Waals surface area contributed by atoms with E-state index in [1.54, 1.807) is 0 Å². The second-order valence-corrected chi connectivity index (χ2v) is 31.3. The lowest BCUT2D eigenvalue weighted by Crippen LogP contribution is -2.47. The molecule has 139 heavy (non-hydrogen) atoms. The number of ether oxygens (including phenoxy) is 21. The normalized spacial score (nSPS) is 13.3. The van der Waals surface area contributed by atoms with Crippen LogP contribution in [-0.2, 0) is 117 Å². The molecule has 8 N–H and O–H groups in total. The maximum absolute atomic E-state index is 13.6. The van der Waals surface area contributed by atoms with Gasteiger partial charge >= 0.3 is 11.9 Å². The monoisotopic (exact) mass is 1990 g/mol. The summed E-state index contributed by atoms with van der Waals surface area (Å²) in [5.74, 6) is -15.9. The highest BCUT2D eigenvalue weighted by Gasteiger charge is 2.26. The zero-order valence-electron chi connectivity index (χ0n) is 79.7. The zero-order chi connectivity index (χ0) is 99.1. The molecule has 0 aliphatic carbocycles. The number of carboxylic acids is 1. The third kappa shape index (κ3) is 45.1. The second kappa shape index (κ2) is 69.9. The fourth-order valence-electron chi connectivity index (χ4n) is 13.6. The molecule has 2 aliphatic heterocycles. The smallest absolute Gasteiger partial charge is 0.313 e. The molecule has 2 saturated heterocycles. The minimum atomic E-state index is -1.79. The Balaban J connectivity index is 0.000000309. The molecular weight excluding hydrogens is 1850 g/mol. The number of rotatable bonds is 75. The summed E-state index contributed by atoms with van der Waals surface area (Å²) in [6, 6.07) is 12.8. The molecule has 0 radical (unpaired) electrons. The molecule has 0 spiro atoms. The van der Waals surface area contributed by atoms with Crippen LogP contribution in [0.3, 0.4) is 0 Å². The molecule has 45 heteroatoms. The highest BCUT2D eigenvalue weighted by molar-refractivity contribution is 6.08. The van der Waals surface area contributed by atoms with Crippen LogP contribution in [0.2, 0.25) is 0 Å². The topological polar surface area (TPSA) is 417 Å². The number of hydrogen-bond donors (Lipinski definition) is 6. The summed E-state index contributed by atoms with van der Waals surface area (Å²) in [5.41, 5.74) is 20.1. The van der Waals surface area contributed by atoms with Gasteiger partial charge in [-0.15, -0.1) is 0 Å². The van der Waals surface area contributed by atoms with Gasteiger partial charge in [-0.1, -0.05) is 26.7 Å². The Morgan fingerprint density at radius 2 is 0.604 bits per heavy atom. The first-order chi connectivity index (χ1) is 67.8. The Bertz CT molecular complexity index is 4680. The zero-order valence-corrected chi connectivity index (χ0v) is 79.7. The molecule has 0 unspecified atom stereocenters. The predicted molar refractivity (Wildman–Crippen MR) is 499 cm³/mol. The van der Waals surface area contributed by atoms with Crippen molar-refractivity contribution < 1.29 is 154 Å². The summed E-state index contributed by atoms with van der Waals surface area (Å²) in [4.78, 5) is 57.7. The lowest BCUT2D eigenvalue weighted by atomic mass is 10.1. The number of nitrogens with one attached hydrogen (secondary N) is 2. The van der Waals surface area contributed by atoms with Crippen LogP contribution in [0, 0.1) is 46.5 Å². The molecule has 0 saturated carbocycles. The number of aromatic amines is 2. The van der Waals surface area contributed by atoms with Crippen molar-refractivity contribution in [2.45, 2.75) is 65.2 Å². The molecule has 0 amide bonds. The molecule has 8 aromatic rings. The number of carbonyl (C=O) groups excluding carboxylic acids is 1. The summed E-state index contributed by atoms with van der Waals surface area (Å²) in [6.45, 7) is 31.2. The number of aryl methyl sites for hydroxylation is 2. The number of nitrogen functional groups attached to an aromatic ring is 2. The summed E-state index contributed by atoms with van der Waals surface area (Å²) >= 11 is 0. The number of carboxylic acid groups (broad SMARTS) is 1. The van der Waals surface area contributed by atoms with Crippen molar-refractivity contribution in [1.82, 2.24) is 39.7 Å². The molecule has 0 bridgehead atoms. The number of piperazine rings is 2. The first kappa shape index (κ1) is 115. The van der Waals surface area contributed by atoms with E-state index in [0.29, 0.717) is 249 Å². The number of carbonyl (C=O) groups is 2. The Labute approximate surface area is 804 Å². The quantitative estimate of drug-likeness (QED) is 0.00678. The molecule has 4 aromatic carbocycles. The average Bonchev–Trinajstić information content (AvgIpc) is 1.65. The predicted octanol–water partition coefficient (Wildman–Crippen LogP) is 9.62. The minimum absolute atomic E-state index is 0.00370. The number of phenols is 1. The second-order valence-electron chi connectivity index (χ2n) is 31.3. The largest absolute Gasteiger partial charge is 0.503 e. The first-order valence-electron chi connectivity index (χ1n) is 47.3. The number of pyridine rings is 2. The van der Waals surface area contributed by atoms with Crippen molar-refractivity contribution in [3.05, 3.63) is 107 Å². The van der Waals surface area contributed by atoms with E-state index in [0.717, 1.165) is 159 Å².